The van der Waals surface area contributed by atoms with Crippen LogP contribution in [0.4, 0.5) is 0 Å². The molecule has 0 bridgehead atoms. The second kappa shape index (κ2) is 10.3. The average Bonchev–Trinajstić information content (AvgIpc) is 3.45. The largest absolute Gasteiger partial charge is 0.497 e. The molecule has 170 valence electrons. The summed E-state index contributed by atoms with van der Waals surface area (Å²) in [6.07, 6.45) is 6.02. The van der Waals surface area contributed by atoms with Crippen molar-refractivity contribution in [3.05, 3.63) is 47.0 Å². The highest BCUT2D eigenvalue weighted by molar-refractivity contribution is 7.13. The summed E-state index contributed by atoms with van der Waals surface area (Å²) in [7, 11) is 3.30. The van der Waals surface area contributed by atoms with Gasteiger partial charge in [-0.15, -0.1) is 11.3 Å². The van der Waals surface area contributed by atoms with Crippen molar-refractivity contribution in [3.63, 3.8) is 0 Å². The van der Waals surface area contributed by atoms with E-state index in [1.54, 1.807) is 25.6 Å². The number of rotatable bonds is 8. The van der Waals surface area contributed by atoms with E-state index in [-0.39, 0.29) is 5.91 Å². The molecule has 0 aliphatic heterocycles. The van der Waals surface area contributed by atoms with E-state index in [0.717, 1.165) is 51.8 Å². The number of carbonyl (C=O) groups is 1. The van der Waals surface area contributed by atoms with Gasteiger partial charge in [-0.1, -0.05) is 19.3 Å². The molecular weight excluding hydrogens is 422 g/mol. The number of hydrogen-bond acceptors (Lipinski definition) is 5. The van der Waals surface area contributed by atoms with Crippen molar-refractivity contribution in [1.29, 1.82) is 0 Å². The Labute approximate surface area is 193 Å². The Kier molecular flexibility index (Phi) is 7.27. The number of hydrogen-bond donors (Lipinski definition) is 1. The number of thiazole rings is 1. The topological polar surface area (TPSA) is 65.4 Å². The highest BCUT2D eigenvalue weighted by Crippen LogP contribution is 2.38. The molecule has 7 heteroatoms. The number of aromatic nitrogens is 2. The molecule has 1 aliphatic carbocycles. The first-order chi connectivity index (χ1) is 15.6. The van der Waals surface area contributed by atoms with Crippen LogP contribution >= 0.6 is 11.3 Å². The van der Waals surface area contributed by atoms with Gasteiger partial charge in [-0.05, 0) is 50.1 Å². The molecule has 32 heavy (non-hydrogen) atoms. The molecule has 1 aliphatic rings. The molecule has 2 aromatic heterocycles. The van der Waals surface area contributed by atoms with Crippen LogP contribution in [0.1, 0.15) is 54.2 Å². The number of ether oxygens (including phenoxy) is 2. The van der Waals surface area contributed by atoms with Crippen molar-refractivity contribution in [2.75, 3.05) is 27.4 Å². The fourth-order valence-electron chi connectivity index (χ4n) is 4.48. The molecule has 0 unspecified atom stereocenters. The van der Waals surface area contributed by atoms with E-state index >= 15 is 0 Å². The molecule has 0 spiro atoms. The maximum atomic E-state index is 12.9. The van der Waals surface area contributed by atoms with Gasteiger partial charge in [0.05, 0.1) is 30.7 Å². The lowest BCUT2D eigenvalue weighted by molar-refractivity contribution is 0.0936. The van der Waals surface area contributed by atoms with E-state index in [0.29, 0.717) is 19.2 Å². The molecular formula is C25H31N3O3S. The highest BCUT2D eigenvalue weighted by Gasteiger charge is 2.26. The van der Waals surface area contributed by atoms with Crippen LogP contribution in [0.5, 0.6) is 5.75 Å². The molecule has 3 aromatic rings. The van der Waals surface area contributed by atoms with E-state index in [9.17, 15) is 4.79 Å². The molecule has 0 atom stereocenters. The predicted molar refractivity (Wildman–Crippen MR) is 129 cm³/mol. The molecule has 1 aromatic carbocycles. The van der Waals surface area contributed by atoms with Gasteiger partial charge in [0.1, 0.15) is 10.8 Å². The Morgan fingerprint density at radius 2 is 1.94 bits per heavy atom. The van der Waals surface area contributed by atoms with Gasteiger partial charge in [0.2, 0.25) is 0 Å². The lowest BCUT2D eigenvalue weighted by Crippen LogP contribution is -2.27. The van der Waals surface area contributed by atoms with Crippen LogP contribution in [0.2, 0.25) is 0 Å². The van der Waals surface area contributed by atoms with Crippen molar-refractivity contribution in [1.82, 2.24) is 14.9 Å². The summed E-state index contributed by atoms with van der Waals surface area (Å²) in [6, 6.07) is 10.4. The molecule has 1 N–H and O–H groups in total. The molecule has 0 radical (unpaired) electrons. The van der Waals surface area contributed by atoms with Crippen LogP contribution in [-0.4, -0.2) is 42.8 Å². The standard InChI is InChI=1S/C25H31N3O3S/c1-17-21(24(29)26-13-14-30-2)15-23(28(17)19-7-5-4-6-8-19)22-16-32-25(27-22)18-9-11-20(31-3)12-10-18/h9-12,15-16,19H,4-8,13-14H2,1-3H3,(H,26,29). The maximum absolute atomic E-state index is 12.9. The summed E-state index contributed by atoms with van der Waals surface area (Å²) in [5.41, 5.74) is 4.75. The molecule has 2 heterocycles. The van der Waals surface area contributed by atoms with Gasteiger partial charge in [-0.25, -0.2) is 4.98 Å². The smallest absolute Gasteiger partial charge is 0.253 e. The minimum atomic E-state index is -0.0547. The second-order valence-electron chi connectivity index (χ2n) is 8.21. The van der Waals surface area contributed by atoms with Crippen LogP contribution in [-0.2, 0) is 4.74 Å². The average molecular weight is 454 g/mol. The zero-order valence-electron chi connectivity index (χ0n) is 19.0. The summed E-state index contributed by atoms with van der Waals surface area (Å²) in [6.45, 7) is 3.05. The Morgan fingerprint density at radius 3 is 2.62 bits per heavy atom. The van der Waals surface area contributed by atoms with Gasteiger partial charge in [0.15, 0.2) is 0 Å². The summed E-state index contributed by atoms with van der Waals surface area (Å²) < 4.78 is 12.7. The first-order valence-electron chi connectivity index (χ1n) is 11.2. The van der Waals surface area contributed by atoms with Gasteiger partial charge < -0.3 is 19.4 Å². The minimum Gasteiger partial charge on any atom is -0.497 e. The van der Waals surface area contributed by atoms with E-state index in [4.69, 9.17) is 14.5 Å². The van der Waals surface area contributed by atoms with Gasteiger partial charge in [0, 0.05) is 36.3 Å². The molecule has 6 nitrogen and oxygen atoms in total. The van der Waals surface area contributed by atoms with Crippen LogP contribution in [0, 0.1) is 6.92 Å². The molecule has 1 fully saturated rings. The second-order valence-corrected chi connectivity index (χ2v) is 9.06. The Bertz CT molecular complexity index is 1050. The molecule has 1 amide bonds. The lowest BCUT2D eigenvalue weighted by Gasteiger charge is -2.26. The third kappa shape index (κ3) is 4.74. The Morgan fingerprint density at radius 1 is 1.19 bits per heavy atom. The Hall–Kier alpha value is -2.64. The summed E-state index contributed by atoms with van der Waals surface area (Å²) in [5, 5.41) is 6.03. The predicted octanol–water partition coefficient (Wildman–Crippen LogP) is 5.48. The number of methoxy groups -OCH3 is 2. The van der Waals surface area contributed by atoms with Gasteiger partial charge in [0.25, 0.3) is 5.91 Å². The van der Waals surface area contributed by atoms with Crippen LogP contribution in [0.15, 0.2) is 35.7 Å². The van der Waals surface area contributed by atoms with Crippen molar-refractivity contribution >= 4 is 17.2 Å². The van der Waals surface area contributed by atoms with Crippen LogP contribution in [0.3, 0.4) is 0 Å². The quantitative estimate of drug-likeness (QED) is 0.459. The van der Waals surface area contributed by atoms with Gasteiger partial charge in [-0.3, -0.25) is 4.79 Å². The zero-order chi connectivity index (χ0) is 22.5. The van der Waals surface area contributed by atoms with Crippen LogP contribution < -0.4 is 10.1 Å². The van der Waals surface area contributed by atoms with E-state index in [2.05, 4.69) is 22.2 Å². The molecule has 1 saturated carbocycles. The summed E-state index contributed by atoms with van der Waals surface area (Å²) >= 11 is 1.62. The number of nitrogens with one attached hydrogen (secondary N) is 1. The van der Waals surface area contributed by atoms with Gasteiger partial charge in [-0.2, -0.15) is 0 Å². The van der Waals surface area contributed by atoms with E-state index in [1.165, 1.54) is 19.3 Å². The zero-order valence-corrected chi connectivity index (χ0v) is 19.8. The van der Waals surface area contributed by atoms with Crippen molar-refractivity contribution in [3.8, 4) is 27.7 Å². The van der Waals surface area contributed by atoms with Gasteiger partial charge >= 0.3 is 0 Å². The van der Waals surface area contributed by atoms with Crippen molar-refractivity contribution in [2.24, 2.45) is 0 Å². The van der Waals surface area contributed by atoms with Crippen molar-refractivity contribution < 1.29 is 14.3 Å². The molecule has 0 saturated heterocycles. The first-order valence-corrected chi connectivity index (χ1v) is 12.1. The highest BCUT2D eigenvalue weighted by atomic mass is 32.1. The third-order valence-corrected chi connectivity index (χ3v) is 7.06. The number of nitrogens with zero attached hydrogens (tertiary/aromatic N) is 2. The summed E-state index contributed by atoms with van der Waals surface area (Å²) in [4.78, 5) is 17.9. The lowest BCUT2D eigenvalue weighted by atomic mass is 9.95. The normalized spacial score (nSPS) is 14.5. The SMILES string of the molecule is COCCNC(=O)c1cc(-c2csc(-c3ccc(OC)cc3)n2)n(C2CCCCC2)c1C. The van der Waals surface area contributed by atoms with Crippen molar-refractivity contribution in [2.45, 2.75) is 45.1 Å². The monoisotopic (exact) mass is 453 g/mol. The minimum absolute atomic E-state index is 0.0547. The molecule has 4 rings (SSSR count). The number of carbonyl (C=O) groups excluding carboxylic acids is 1. The van der Waals surface area contributed by atoms with E-state index in [1.807, 2.05) is 30.3 Å². The first kappa shape index (κ1) is 22.6. The fourth-order valence-corrected chi connectivity index (χ4v) is 5.30. The van der Waals surface area contributed by atoms with Crippen LogP contribution in [0.25, 0.3) is 22.0 Å². The number of benzene rings is 1. The fraction of sp³-hybridized carbons (Fsp3) is 0.440. The number of amides is 1. The summed E-state index contributed by atoms with van der Waals surface area (Å²) in [5.74, 6) is 0.775. The Balaban J connectivity index is 1.69. The van der Waals surface area contributed by atoms with E-state index < -0.39 is 0 Å². The third-order valence-electron chi connectivity index (χ3n) is 6.17. The maximum Gasteiger partial charge on any atom is 0.253 e.